The van der Waals surface area contributed by atoms with E-state index in [0.29, 0.717) is 10.9 Å². The fourth-order valence-corrected chi connectivity index (χ4v) is 2.28. The van der Waals surface area contributed by atoms with Crippen molar-refractivity contribution in [1.29, 1.82) is 0 Å². The molecule has 0 aromatic heterocycles. The number of hydrogen-bond acceptors (Lipinski definition) is 4. The van der Waals surface area contributed by atoms with E-state index in [0.717, 1.165) is 37.4 Å². The summed E-state index contributed by atoms with van der Waals surface area (Å²) in [6.45, 7) is 1.56. The Hall–Kier alpha value is -1.53. The zero-order chi connectivity index (χ0) is 14.4. The molecular formula is C14H20N2O3S. The molecule has 1 aliphatic rings. The van der Waals surface area contributed by atoms with E-state index in [1.807, 2.05) is 18.2 Å². The Bertz CT molecular complexity index is 462. The summed E-state index contributed by atoms with van der Waals surface area (Å²) in [5, 5.41) is 6.83. The third-order valence-corrected chi connectivity index (χ3v) is 3.42. The summed E-state index contributed by atoms with van der Waals surface area (Å²) in [5.74, 6) is 1.46. The van der Waals surface area contributed by atoms with Crippen molar-refractivity contribution in [3.63, 3.8) is 0 Å². The third kappa shape index (κ3) is 3.98. The van der Waals surface area contributed by atoms with Crippen molar-refractivity contribution in [1.82, 2.24) is 5.32 Å². The molecule has 0 radical (unpaired) electrons. The fourth-order valence-electron chi connectivity index (χ4n) is 2.09. The van der Waals surface area contributed by atoms with E-state index in [1.54, 1.807) is 14.2 Å². The van der Waals surface area contributed by atoms with Crippen molar-refractivity contribution < 1.29 is 14.2 Å². The van der Waals surface area contributed by atoms with E-state index in [-0.39, 0.29) is 6.10 Å². The molecule has 110 valence electrons. The summed E-state index contributed by atoms with van der Waals surface area (Å²) in [5.41, 5.74) is 0.775. The molecule has 2 N–H and O–H groups in total. The zero-order valence-corrected chi connectivity index (χ0v) is 12.6. The number of anilines is 1. The van der Waals surface area contributed by atoms with Gasteiger partial charge in [-0.3, -0.25) is 0 Å². The Morgan fingerprint density at radius 2 is 2.25 bits per heavy atom. The molecule has 1 heterocycles. The van der Waals surface area contributed by atoms with Crippen molar-refractivity contribution in [2.24, 2.45) is 0 Å². The Labute approximate surface area is 124 Å². The predicted octanol–water partition coefficient (Wildman–Crippen LogP) is 2.17. The van der Waals surface area contributed by atoms with Crippen LogP contribution in [0.5, 0.6) is 11.5 Å². The third-order valence-electron chi connectivity index (χ3n) is 3.17. The first-order valence-electron chi connectivity index (χ1n) is 6.61. The normalized spacial score (nSPS) is 17.6. The Morgan fingerprint density at radius 1 is 1.40 bits per heavy atom. The SMILES string of the molecule is COc1ccc(OC)c(NC(=S)NC[C@H]2CCCO2)c1. The molecule has 1 aromatic rings. The van der Waals surface area contributed by atoms with Crippen LogP contribution in [0.4, 0.5) is 5.69 Å². The number of hydrogen-bond donors (Lipinski definition) is 2. The molecule has 0 unspecified atom stereocenters. The van der Waals surface area contributed by atoms with E-state index < -0.39 is 0 Å². The molecule has 1 aromatic carbocycles. The lowest BCUT2D eigenvalue weighted by atomic mass is 10.2. The minimum absolute atomic E-state index is 0.252. The lowest BCUT2D eigenvalue weighted by Gasteiger charge is -2.16. The van der Waals surface area contributed by atoms with Gasteiger partial charge in [-0.15, -0.1) is 0 Å². The molecule has 0 saturated carbocycles. The summed E-state index contributed by atoms with van der Waals surface area (Å²) < 4.78 is 16.0. The van der Waals surface area contributed by atoms with Crippen molar-refractivity contribution in [2.75, 3.05) is 32.7 Å². The minimum Gasteiger partial charge on any atom is -0.497 e. The van der Waals surface area contributed by atoms with Gasteiger partial charge in [0.05, 0.1) is 26.0 Å². The van der Waals surface area contributed by atoms with Crippen LogP contribution >= 0.6 is 12.2 Å². The van der Waals surface area contributed by atoms with Crippen molar-refractivity contribution >= 4 is 23.0 Å². The van der Waals surface area contributed by atoms with Gasteiger partial charge in [-0.25, -0.2) is 0 Å². The summed E-state index contributed by atoms with van der Waals surface area (Å²) in [7, 11) is 3.25. The van der Waals surface area contributed by atoms with Gasteiger partial charge in [0.2, 0.25) is 0 Å². The van der Waals surface area contributed by atoms with E-state index in [4.69, 9.17) is 26.4 Å². The number of ether oxygens (including phenoxy) is 3. The monoisotopic (exact) mass is 296 g/mol. The molecule has 0 amide bonds. The highest BCUT2D eigenvalue weighted by atomic mass is 32.1. The van der Waals surface area contributed by atoms with Crippen molar-refractivity contribution in [3.05, 3.63) is 18.2 Å². The molecule has 0 spiro atoms. The molecule has 1 fully saturated rings. The molecule has 1 aliphatic heterocycles. The maximum Gasteiger partial charge on any atom is 0.170 e. The topological polar surface area (TPSA) is 51.8 Å². The molecular weight excluding hydrogens is 276 g/mol. The fraction of sp³-hybridized carbons (Fsp3) is 0.500. The maximum absolute atomic E-state index is 5.54. The molecule has 5 nitrogen and oxygen atoms in total. The van der Waals surface area contributed by atoms with E-state index >= 15 is 0 Å². The first-order valence-corrected chi connectivity index (χ1v) is 7.02. The van der Waals surface area contributed by atoms with Crippen LogP contribution in [0, 0.1) is 0 Å². The highest BCUT2D eigenvalue weighted by Gasteiger charge is 2.15. The van der Waals surface area contributed by atoms with Crippen LogP contribution in [0.1, 0.15) is 12.8 Å². The summed E-state index contributed by atoms with van der Waals surface area (Å²) >= 11 is 5.28. The molecule has 0 bridgehead atoms. The van der Waals surface area contributed by atoms with Crippen LogP contribution in [0.25, 0.3) is 0 Å². The molecule has 2 rings (SSSR count). The van der Waals surface area contributed by atoms with Gasteiger partial charge in [0.25, 0.3) is 0 Å². The second-order valence-corrected chi connectivity index (χ2v) is 4.94. The van der Waals surface area contributed by atoms with Crippen LogP contribution in [0.2, 0.25) is 0 Å². The molecule has 6 heteroatoms. The van der Waals surface area contributed by atoms with Crippen LogP contribution in [-0.4, -0.2) is 38.6 Å². The number of nitrogens with one attached hydrogen (secondary N) is 2. The van der Waals surface area contributed by atoms with Gasteiger partial charge in [-0.05, 0) is 37.2 Å². The smallest absolute Gasteiger partial charge is 0.170 e. The number of thiocarbonyl (C=S) groups is 1. The van der Waals surface area contributed by atoms with Crippen LogP contribution < -0.4 is 20.1 Å². The van der Waals surface area contributed by atoms with Crippen molar-refractivity contribution in [2.45, 2.75) is 18.9 Å². The molecule has 1 saturated heterocycles. The molecule has 20 heavy (non-hydrogen) atoms. The quantitative estimate of drug-likeness (QED) is 0.812. The summed E-state index contributed by atoms with van der Waals surface area (Å²) in [4.78, 5) is 0. The molecule has 0 aliphatic carbocycles. The molecule has 1 atom stereocenters. The van der Waals surface area contributed by atoms with Gasteiger partial charge < -0.3 is 24.8 Å². The van der Waals surface area contributed by atoms with Gasteiger partial charge in [0.15, 0.2) is 5.11 Å². The minimum atomic E-state index is 0.252. The highest BCUT2D eigenvalue weighted by Crippen LogP contribution is 2.28. The van der Waals surface area contributed by atoms with Gasteiger partial charge in [-0.1, -0.05) is 0 Å². The van der Waals surface area contributed by atoms with Crippen LogP contribution in [0.15, 0.2) is 18.2 Å². The Morgan fingerprint density at radius 3 is 2.90 bits per heavy atom. The lowest BCUT2D eigenvalue weighted by molar-refractivity contribution is 0.114. The van der Waals surface area contributed by atoms with E-state index in [9.17, 15) is 0 Å². The average Bonchev–Trinajstić information content (AvgIpc) is 2.98. The van der Waals surface area contributed by atoms with Gasteiger partial charge in [0, 0.05) is 19.2 Å². The first-order chi connectivity index (χ1) is 9.72. The Kier molecular flexibility index (Phi) is 5.43. The van der Waals surface area contributed by atoms with Gasteiger partial charge in [0.1, 0.15) is 11.5 Å². The Balaban J connectivity index is 1.91. The standard InChI is InChI=1S/C14H20N2O3S/c1-17-10-5-6-13(18-2)12(8-10)16-14(20)15-9-11-4-3-7-19-11/h5-6,8,11H,3-4,7,9H2,1-2H3,(H2,15,16,20)/t11-/m1/s1. The number of rotatable bonds is 5. The van der Waals surface area contributed by atoms with E-state index in [1.165, 1.54) is 0 Å². The number of methoxy groups -OCH3 is 2. The van der Waals surface area contributed by atoms with Crippen LogP contribution in [0.3, 0.4) is 0 Å². The highest BCUT2D eigenvalue weighted by molar-refractivity contribution is 7.80. The summed E-state index contributed by atoms with van der Waals surface area (Å²) in [6.07, 6.45) is 2.45. The summed E-state index contributed by atoms with van der Waals surface area (Å²) in [6, 6.07) is 5.52. The van der Waals surface area contributed by atoms with Crippen LogP contribution in [-0.2, 0) is 4.74 Å². The second kappa shape index (κ2) is 7.31. The van der Waals surface area contributed by atoms with Gasteiger partial charge >= 0.3 is 0 Å². The average molecular weight is 296 g/mol. The maximum atomic E-state index is 5.54. The largest absolute Gasteiger partial charge is 0.497 e. The van der Waals surface area contributed by atoms with Crippen molar-refractivity contribution in [3.8, 4) is 11.5 Å². The predicted molar refractivity (Wildman–Crippen MR) is 82.7 cm³/mol. The van der Waals surface area contributed by atoms with E-state index in [2.05, 4.69) is 10.6 Å². The zero-order valence-electron chi connectivity index (χ0n) is 11.8. The number of benzene rings is 1. The van der Waals surface area contributed by atoms with Gasteiger partial charge in [-0.2, -0.15) is 0 Å². The lowest BCUT2D eigenvalue weighted by Crippen LogP contribution is -2.34. The second-order valence-electron chi connectivity index (χ2n) is 4.54. The first kappa shape index (κ1) is 14.9.